The summed E-state index contributed by atoms with van der Waals surface area (Å²) in [5.74, 6) is -0.625. The number of nitriles is 1. The summed E-state index contributed by atoms with van der Waals surface area (Å²) in [6, 6.07) is 4.93. The fraction of sp³-hybridized carbons (Fsp3) is 0.500. The minimum Gasteiger partial charge on any atom is -0.466 e. The molecule has 23 heavy (non-hydrogen) atoms. The largest absolute Gasteiger partial charge is 0.466 e. The fourth-order valence-electron chi connectivity index (χ4n) is 2.73. The first-order chi connectivity index (χ1) is 10.9. The van der Waals surface area contributed by atoms with Crippen LogP contribution in [0.25, 0.3) is 0 Å². The van der Waals surface area contributed by atoms with Gasteiger partial charge in [0.15, 0.2) is 0 Å². The van der Waals surface area contributed by atoms with E-state index >= 15 is 0 Å². The summed E-state index contributed by atoms with van der Waals surface area (Å²) in [5, 5.41) is 9.16. The van der Waals surface area contributed by atoms with Crippen LogP contribution in [0.2, 0.25) is 0 Å². The zero-order valence-corrected chi connectivity index (χ0v) is 12.7. The third kappa shape index (κ3) is 3.95. The van der Waals surface area contributed by atoms with Gasteiger partial charge < -0.3 is 9.64 Å². The topological polar surface area (TPSA) is 53.3 Å². The average molecular weight is 326 g/mol. The van der Waals surface area contributed by atoms with Gasteiger partial charge in [0.05, 0.1) is 29.3 Å². The molecule has 1 atom stereocenters. The summed E-state index contributed by atoms with van der Waals surface area (Å²) in [6.07, 6.45) is -3.09. The van der Waals surface area contributed by atoms with Crippen molar-refractivity contribution >= 4 is 11.7 Å². The molecule has 1 aromatic rings. The molecule has 0 spiro atoms. The molecule has 1 unspecified atom stereocenters. The highest BCUT2D eigenvalue weighted by atomic mass is 19.4. The van der Waals surface area contributed by atoms with Crippen LogP contribution < -0.4 is 4.90 Å². The van der Waals surface area contributed by atoms with Gasteiger partial charge in [0.2, 0.25) is 0 Å². The van der Waals surface area contributed by atoms with Gasteiger partial charge in [-0.1, -0.05) is 0 Å². The summed E-state index contributed by atoms with van der Waals surface area (Å²) in [4.78, 5) is 13.6. The second kappa shape index (κ2) is 6.90. The Morgan fingerprint density at radius 2 is 2.22 bits per heavy atom. The molecular weight excluding hydrogens is 309 g/mol. The van der Waals surface area contributed by atoms with Crippen LogP contribution in [0.15, 0.2) is 18.2 Å². The van der Waals surface area contributed by atoms with Gasteiger partial charge >= 0.3 is 12.1 Å². The summed E-state index contributed by atoms with van der Waals surface area (Å²) < 4.78 is 43.2. The number of anilines is 1. The van der Waals surface area contributed by atoms with Gasteiger partial charge in [-0.3, -0.25) is 4.79 Å². The standard InChI is InChI=1S/C16H17F3N2O2/c1-2-23-15(22)11-4-3-7-21(10-11)14-6-5-13(16(17,18)19)8-12(14)9-20/h5-6,8,11H,2-4,7,10H2,1H3. The van der Waals surface area contributed by atoms with Crippen LogP contribution in [0.3, 0.4) is 0 Å². The number of alkyl halides is 3. The monoisotopic (exact) mass is 326 g/mol. The van der Waals surface area contributed by atoms with Crippen molar-refractivity contribution in [2.45, 2.75) is 25.9 Å². The summed E-state index contributed by atoms with van der Waals surface area (Å²) >= 11 is 0. The maximum atomic E-state index is 12.7. The van der Waals surface area contributed by atoms with Crippen molar-refractivity contribution in [3.63, 3.8) is 0 Å². The Balaban J connectivity index is 2.24. The first-order valence-electron chi connectivity index (χ1n) is 7.39. The summed E-state index contributed by atoms with van der Waals surface area (Å²) in [7, 11) is 0. The van der Waals surface area contributed by atoms with E-state index < -0.39 is 11.7 Å². The van der Waals surface area contributed by atoms with E-state index in [0.29, 0.717) is 31.8 Å². The van der Waals surface area contributed by atoms with Crippen LogP contribution in [0.4, 0.5) is 18.9 Å². The van der Waals surface area contributed by atoms with Gasteiger partial charge in [0, 0.05) is 13.1 Å². The Morgan fingerprint density at radius 1 is 1.48 bits per heavy atom. The van der Waals surface area contributed by atoms with Crippen molar-refractivity contribution in [2.24, 2.45) is 5.92 Å². The molecule has 1 aliphatic heterocycles. The van der Waals surface area contributed by atoms with E-state index in [-0.39, 0.29) is 17.5 Å². The molecule has 1 aromatic carbocycles. The Hall–Kier alpha value is -2.23. The van der Waals surface area contributed by atoms with Crippen LogP contribution in [0, 0.1) is 17.2 Å². The van der Waals surface area contributed by atoms with Crippen molar-refractivity contribution in [3.8, 4) is 6.07 Å². The van der Waals surface area contributed by atoms with Crippen LogP contribution in [-0.4, -0.2) is 25.7 Å². The lowest BCUT2D eigenvalue weighted by Crippen LogP contribution is -2.39. The lowest BCUT2D eigenvalue weighted by molar-refractivity contribution is -0.148. The number of hydrogen-bond donors (Lipinski definition) is 0. The zero-order chi connectivity index (χ0) is 17.0. The van der Waals surface area contributed by atoms with E-state index in [1.54, 1.807) is 11.8 Å². The molecule has 1 saturated heterocycles. The smallest absolute Gasteiger partial charge is 0.416 e. The molecule has 0 radical (unpaired) electrons. The molecule has 0 aliphatic carbocycles. The number of hydrogen-bond acceptors (Lipinski definition) is 4. The van der Waals surface area contributed by atoms with Gasteiger partial charge in [-0.2, -0.15) is 18.4 Å². The van der Waals surface area contributed by atoms with Crippen LogP contribution in [0.1, 0.15) is 30.9 Å². The number of esters is 1. The molecule has 0 saturated carbocycles. The van der Waals surface area contributed by atoms with E-state index in [1.165, 1.54) is 6.07 Å². The Bertz CT molecular complexity index is 623. The third-order valence-electron chi connectivity index (χ3n) is 3.83. The molecular formula is C16H17F3N2O2. The third-order valence-corrected chi connectivity index (χ3v) is 3.83. The number of ether oxygens (including phenoxy) is 1. The molecule has 1 aliphatic rings. The minimum absolute atomic E-state index is 0.0377. The molecule has 1 fully saturated rings. The second-order valence-electron chi connectivity index (χ2n) is 5.38. The van der Waals surface area contributed by atoms with Gasteiger partial charge in [-0.25, -0.2) is 0 Å². The molecule has 124 valence electrons. The van der Waals surface area contributed by atoms with Gasteiger partial charge in [0.1, 0.15) is 6.07 Å². The fourth-order valence-corrected chi connectivity index (χ4v) is 2.73. The molecule has 7 heteroatoms. The first kappa shape index (κ1) is 17.1. The van der Waals surface area contributed by atoms with Crippen molar-refractivity contribution in [3.05, 3.63) is 29.3 Å². The molecule has 0 N–H and O–H groups in total. The minimum atomic E-state index is -4.49. The van der Waals surface area contributed by atoms with Crippen LogP contribution in [-0.2, 0) is 15.7 Å². The highest BCUT2D eigenvalue weighted by molar-refractivity contribution is 5.74. The quantitative estimate of drug-likeness (QED) is 0.799. The highest BCUT2D eigenvalue weighted by Crippen LogP contribution is 2.34. The lowest BCUT2D eigenvalue weighted by atomic mass is 9.96. The zero-order valence-electron chi connectivity index (χ0n) is 12.7. The predicted octanol–water partition coefficient (Wildman–Crippen LogP) is 3.36. The normalized spacial score (nSPS) is 18.4. The number of carbonyl (C=O) groups excluding carboxylic acids is 1. The van der Waals surface area contributed by atoms with Crippen molar-refractivity contribution in [1.82, 2.24) is 0 Å². The molecule has 1 heterocycles. The van der Waals surface area contributed by atoms with E-state index in [1.807, 2.05) is 6.07 Å². The SMILES string of the molecule is CCOC(=O)C1CCCN(c2ccc(C(F)(F)F)cc2C#N)C1. The Kier molecular flexibility index (Phi) is 5.14. The first-order valence-corrected chi connectivity index (χ1v) is 7.39. The second-order valence-corrected chi connectivity index (χ2v) is 5.38. The molecule has 2 rings (SSSR count). The van der Waals surface area contributed by atoms with Crippen molar-refractivity contribution < 1.29 is 22.7 Å². The maximum Gasteiger partial charge on any atom is 0.416 e. The maximum absolute atomic E-state index is 12.7. The van der Waals surface area contributed by atoms with Crippen molar-refractivity contribution in [1.29, 1.82) is 5.26 Å². The summed E-state index contributed by atoms with van der Waals surface area (Å²) in [6.45, 7) is 2.95. The number of benzene rings is 1. The number of rotatable bonds is 3. The van der Waals surface area contributed by atoms with E-state index in [2.05, 4.69) is 0 Å². The highest BCUT2D eigenvalue weighted by Gasteiger charge is 2.32. The number of carbonyl (C=O) groups is 1. The molecule has 4 nitrogen and oxygen atoms in total. The van der Waals surface area contributed by atoms with Crippen LogP contribution in [0.5, 0.6) is 0 Å². The molecule has 0 aromatic heterocycles. The van der Waals surface area contributed by atoms with Crippen molar-refractivity contribution in [2.75, 3.05) is 24.6 Å². The van der Waals surface area contributed by atoms with Gasteiger partial charge in [-0.15, -0.1) is 0 Å². The number of piperidine rings is 1. The number of nitrogens with zero attached hydrogens (tertiary/aromatic N) is 2. The Morgan fingerprint density at radius 3 is 2.83 bits per heavy atom. The van der Waals surface area contributed by atoms with Crippen LogP contribution >= 0.6 is 0 Å². The molecule has 0 bridgehead atoms. The predicted molar refractivity (Wildman–Crippen MR) is 77.7 cm³/mol. The Labute approximate surface area is 132 Å². The average Bonchev–Trinajstić information content (AvgIpc) is 2.53. The van der Waals surface area contributed by atoms with E-state index in [0.717, 1.165) is 18.6 Å². The molecule has 0 amide bonds. The summed E-state index contributed by atoms with van der Waals surface area (Å²) in [5.41, 5.74) is -0.462. The van der Waals surface area contributed by atoms with Gasteiger partial charge in [0.25, 0.3) is 0 Å². The van der Waals surface area contributed by atoms with Gasteiger partial charge in [-0.05, 0) is 38.0 Å². The number of halogens is 3. The lowest BCUT2D eigenvalue weighted by Gasteiger charge is -2.33. The van der Waals surface area contributed by atoms with E-state index in [4.69, 9.17) is 10.00 Å². The van der Waals surface area contributed by atoms with E-state index in [9.17, 15) is 18.0 Å².